The van der Waals surface area contributed by atoms with Crippen molar-refractivity contribution in [2.24, 2.45) is 0 Å². The number of ether oxygens (including phenoxy) is 3. The van der Waals surface area contributed by atoms with E-state index in [0.29, 0.717) is 30.7 Å². The summed E-state index contributed by atoms with van der Waals surface area (Å²) in [6.45, 7) is 2.38. The molecule has 2 aliphatic rings. The topological polar surface area (TPSA) is 80.9 Å². The van der Waals surface area contributed by atoms with E-state index in [9.17, 15) is 9.59 Å². The number of hydrogen-bond donors (Lipinski definition) is 1. The van der Waals surface area contributed by atoms with E-state index >= 15 is 0 Å². The van der Waals surface area contributed by atoms with Crippen LogP contribution in [-0.4, -0.2) is 41.2 Å². The zero-order valence-electron chi connectivity index (χ0n) is 18.2. The second-order valence-corrected chi connectivity index (χ2v) is 7.89. The van der Waals surface area contributed by atoms with E-state index in [1.165, 1.54) is 11.2 Å². The lowest BCUT2D eigenvalue weighted by atomic mass is 10.0. The number of nitrogens with zero attached hydrogens (tertiary/aromatic N) is 1. The summed E-state index contributed by atoms with van der Waals surface area (Å²) in [4.78, 5) is 30.9. The maximum Gasteiger partial charge on any atom is 0.341 e. The predicted molar refractivity (Wildman–Crippen MR) is 123 cm³/mol. The Bertz CT molecular complexity index is 1260. The van der Waals surface area contributed by atoms with Crippen molar-refractivity contribution in [3.05, 3.63) is 89.6 Å². The molecule has 0 spiro atoms. The molecule has 2 aromatic carbocycles. The molecule has 0 saturated heterocycles. The van der Waals surface area contributed by atoms with Crippen molar-refractivity contribution in [3.63, 3.8) is 0 Å². The van der Waals surface area contributed by atoms with Gasteiger partial charge in [-0.15, -0.1) is 0 Å². The molecule has 7 nitrogen and oxygen atoms in total. The highest BCUT2D eigenvalue weighted by Gasteiger charge is 2.32. The molecule has 0 bridgehead atoms. The van der Waals surface area contributed by atoms with Gasteiger partial charge in [-0.3, -0.25) is 4.79 Å². The Kier molecular flexibility index (Phi) is 5.60. The number of amides is 1. The third-order valence-electron chi connectivity index (χ3n) is 5.77. The Labute approximate surface area is 191 Å². The number of carbonyl (C=O) groups is 2. The third-order valence-corrected chi connectivity index (χ3v) is 5.77. The number of nitrogens with one attached hydrogen (secondary N) is 1. The standard InChI is InChI=1S/C26H24N2O5/c1-2-31-26(30)20-15-28(13-12-19-18-10-6-7-11-21(18)27-24(19)20)25(29)22-16-32-23(33-22)14-17-8-4-3-5-9-17/h3-11,15-16,23,27H,2,12-14H2,1H3. The van der Waals surface area contributed by atoms with Crippen LogP contribution in [0.3, 0.4) is 0 Å². The lowest BCUT2D eigenvalue weighted by Crippen LogP contribution is -2.30. The summed E-state index contributed by atoms with van der Waals surface area (Å²) in [5, 5.41) is 1.03. The van der Waals surface area contributed by atoms with Crippen molar-refractivity contribution in [2.75, 3.05) is 13.2 Å². The minimum Gasteiger partial charge on any atom is -0.462 e. The summed E-state index contributed by atoms with van der Waals surface area (Å²) in [7, 11) is 0. The van der Waals surface area contributed by atoms with Crippen molar-refractivity contribution >= 4 is 28.4 Å². The molecule has 168 valence electrons. The molecule has 5 rings (SSSR count). The van der Waals surface area contributed by atoms with Gasteiger partial charge in [-0.25, -0.2) is 4.79 Å². The van der Waals surface area contributed by atoms with E-state index in [4.69, 9.17) is 14.2 Å². The van der Waals surface area contributed by atoms with Gasteiger partial charge in [0, 0.05) is 30.1 Å². The summed E-state index contributed by atoms with van der Waals surface area (Å²) in [6, 6.07) is 17.7. The summed E-state index contributed by atoms with van der Waals surface area (Å²) in [5.74, 6) is -0.725. The highest BCUT2D eigenvalue weighted by molar-refractivity contribution is 6.18. The lowest BCUT2D eigenvalue weighted by molar-refractivity contribution is -0.136. The molecule has 1 unspecified atom stereocenters. The van der Waals surface area contributed by atoms with E-state index in [-0.39, 0.29) is 18.3 Å². The van der Waals surface area contributed by atoms with Crippen molar-refractivity contribution in [1.82, 2.24) is 9.88 Å². The van der Waals surface area contributed by atoms with E-state index in [0.717, 1.165) is 22.0 Å². The van der Waals surface area contributed by atoms with Gasteiger partial charge in [-0.1, -0.05) is 48.5 Å². The third kappa shape index (κ3) is 4.09. The van der Waals surface area contributed by atoms with Crippen LogP contribution in [0.5, 0.6) is 0 Å². The smallest absolute Gasteiger partial charge is 0.341 e. The van der Waals surface area contributed by atoms with Gasteiger partial charge in [-0.2, -0.15) is 0 Å². The SMILES string of the molecule is CCOC(=O)C1=CN(C(=O)C2=COC(Cc3ccccc3)O2)CCc2c1[nH]c1ccccc21. The zero-order valence-corrected chi connectivity index (χ0v) is 18.2. The lowest BCUT2D eigenvalue weighted by Gasteiger charge is -2.18. The number of aromatic amines is 1. The first-order valence-electron chi connectivity index (χ1n) is 11.0. The van der Waals surface area contributed by atoms with E-state index in [1.54, 1.807) is 13.1 Å². The van der Waals surface area contributed by atoms with Gasteiger partial charge >= 0.3 is 5.97 Å². The van der Waals surface area contributed by atoms with Crippen LogP contribution in [0.15, 0.2) is 72.8 Å². The largest absolute Gasteiger partial charge is 0.462 e. The number of para-hydroxylation sites is 1. The van der Waals surface area contributed by atoms with Gasteiger partial charge < -0.3 is 24.1 Å². The molecule has 2 aliphatic heterocycles. The second-order valence-electron chi connectivity index (χ2n) is 7.89. The number of hydrogen-bond acceptors (Lipinski definition) is 5. The summed E-state index contributed by atoms with van der Waals surface area (Å²) in [5.41, 5.74) is 3.98. The van der Waals surface area contributed by atoms with Gasteiger partial charge in [0.05, 0.1) is 17.9 Å². The Morgan fingerprint density at radius 1 is 1.12 bits per heavy atom. The second kappa shape index (κ2) is 8.86. The molecule has 7 heteroatoms. The predicted octanol–water partition coefficient (Wildman–Crippen LogP) is 3.91. The van der Waals surface area contributed by atoms with E-state index in [1.807, 2.05) is 54.6 Å². The highest BCUT2D eigenvalue weighted by atomic mass is 16.7. The van der Waals surface area contributed by atoms with Crippen LogP contribution in [0.25, 0.3) is 16.5 Å². The van der Waals surface area contributed by atoms with Crippen molar-refractivity contribution in [1.29, 1.82) is 0 Å². The molecule has 0 fully saturated rings. The van der Waals surface area contributed by atoms with E-state index < -0.39 is 12.3 Å². The van der Waals surface area contributed by atoms with Crippen LogP contribution < -0.4 is 0 Å². The first kappa shape index (κ1) is 20.9. The number of benzene rings is 2. The molecular weight excluding hydrogens is 420 g/mol. The monoisotopic (exact) mass is 444 g/mol. The number of carbonyl (C=O) groups excluding carboxylic acids is 2. The fourth-order valence-electron chi connectivity index (χ4n) is 4.20. The Morgan fingerprint density at radius 3 is 2.73 bits per heavy atom. The number of esters is 1. The van der Waals surface area contributed by atoms with Gasteiger partial charge in [0.15, 0.2) is 0 Å². The zero-order chi connectivity index (χ0) is 22.8. The summed E-state index contributed by atoms with van der Waals surface area (Å²) < 4.78 is 16.7. The first-order valence-corrected chi connectivity index (χ1v) is 11.0. The molecule has 0 saturated carbocycles. The fraction of sp³-hybridized carbons (Fsp3) is 0.231. The molecule has 3 heterocycles. The molecular formula is C26H24N2O5. The quantitative estimate of drug-likeness (QED) is 0.604. The normalized spacial score (nSPS) is 17.4. The van der Waals surface area contributed by atoms with Crippen molar-refractivity contribution in [3.8, 4) is 0 Å². The average Bonchev–Trinajstić information content (AvgIpc) is 3.39. The Morgan fingerprint density at radius 2 is 1.91 bits per heavy atom. The van der Waals surface area contributed by atoms with Crippen molar-refractivity contribution in [2.45, 2.75) is 26.1 Å². The van der Waals surface area contributed by atoms with Crippen LogP contribution in [-0.2, 0) is 36.6 Å². The van der Waals surface area contributed by atoms with Crippen LogP contribution in [0.1, 0.15) is 23.7 Å². The highest BCUT2D eigenvalue weighted by Crippen LogP contribution is 2.32. The Balaban J connectivity index is 1.39. The number of rotatable bonds is 5. The van der Waals surface area contributed by atoms with Gasteiger partial charge in [0.2, 0.25) is 12.0 Å². The maximum absolute atomic E-state index is 13.3. The molecule has 3 aromatic rings. The minimum atomic E-state index is -0.566. The molecule has 1 aromatic heterocycles. The summed E-state index contributed by atoms with van der Waals surface area (Å²) in [6.07, 6.45) is 3.44. The van der Waals surface area contributed by atoms with E-state index in [2.05, 4.69) is 4.98 Å². The molecule has 1 N–H and O–H groups in total. The number of fused-ring (bicyclic) bond motifs is 3. The molecule has 1 atom stereocenters. The van der Waals surface area contributed by atoms with Crippen LogP contribution in [0, 0.1) is 0 Å². The first-order chi connectivity index (χ1) is 16.1. The van der Waals surface area contributed by atoms with Gasteiger partial charge in [0.25, 0.3) is 5.91 Å². The number of aromatic nitrogens is 1. The molecule has 0 aliphatic carbocycles. The number of H-pyrrole nitrogens is 1. The van der Waals surface area contributed by atoms with Gasteiger partial charge in [0.1, 0.15) is 6.26 Å². The Hall–Kier alpha value is -4.00. The fourth-order valence-corrected chi connectivity index (χ4v) is 4.20. The summed E-state index contributed by atoms with van der Waals surface area (Å²) >= 11 is 0. The van der Waals surface area contributed by atoms with Crippen LogP contribution >= 0.6 is 0 Å². The minimum absolute atomic E-state index is 0.116. The average molecular weight is 444 g/mol. The molecule has 33 heavy (non-hydrogen) atoms. The van der Waals surface area contributed by atoms with Gasteiger partial charge in [-0.05, 0) is 30.5 Å². The molecule has 0 radical (unpaired) electrons. The molecule has 1 amide bonds. The van der Waals surface area contributed by atoms with Crippen molar-refractivity contribution < 1.29 is 23.8 Å². The maximum atomic E-state index is 13.3. The van der Waals surface area contributed by atoms with Crippen LogP contribution in [0.2, 0.25) is 0 Å². The van der Waals surface area contributed by atoms with Crippen LogP contribution in [0.4, 0.5) is 0 Å².